The van der Waals surface area contributed by atoms with E-state index in [-0.39, 0.29) is 5.91 Å². The van der Waals surface area contributed by atoms with Crippen LogP contribution in [0, 0.1) is 23.7 Å². The van der Waals surface area contributed by atoms with E-state index in [0.29, 0.717) is 29.7 Å². The fourth-order valence-electron chi connectivity index (χ4n) is 7.02. The van der Waals surface area contributed by atoms with E-state index in [1.807, 2.05) is 12.4 Å². The molecule has 25 heavy (non-hydrogen) atoms. The first-order chi connectivity index (χ1) is 12.1. The number of nitrogens with zero attached hydrogens (tertiary/aromatic N) is 2. The van der Waals surface area contributed by atoms with Gasteiger partial charge in [0.05, 0.1) is 5.60 Å². The summed E-state index contributed by atoms with van der Waals surface area (Å²) in [5.41, 5.74) is 3.00. The number of carbonyl (C=O) groups is 1. The van der Waals surface area contributed by atoms with Crippen molar-refractivity contribution in [1.82, 2.24) is 9.88 Å². The van der Waals surface area contributed by atoms with E-state index >= 15 is 0 Å². The average Bonchev–Trinajstić information content (AvgIpc) is 2.87. The number of hydrogen-bond acceptors (Lipinski definition) is 3. The summed E-state index contributed by atoms with van der Waals surface area (Å²) in [7, 11) is 0. The zero-order valence-electron chi connectivity index (χ0n) is 14.4. The first-order valence-electron chi connectivity index (χ1n) is 9.77. The van der Waals surface area contributed by atoms with E-state index in [1.54, 1.807) is 0 Å². The van der Waals surface area contributed by atoms with Crippen molar-refractivity contribution in [2.75, 3.05) is 6.54 Å². The standard InChI is InChI=1S/C21H24N2O2/c24-20-18-6-16-10-22-2-1-13(16)5-17(18)11-23(20)19-14-3-12-4-15(19)9-21(25,7-12)8-14/h1-2,6,10,12,14-15,17,19,25H,3-5,7-9,11H2/t12?,14-,15+,17?,19+,21+. The molecule has 1 aliphatic heterocycles. The second-order valence-electron chi connectivity index (χ2n) is 9.22. The van der Waals surface area contributed by atoms with Crippen molar-refractivity contribution in [2.24, 2.45) is 23.7 Å². The zero-order chi connectivity index (χ0) is 16.8. The van der Waals surface area contributed by atoms with Gasteiger partial charge in [-0.25, -0.2) is 0 Å². The van der Waals surface area contributed by atoms with E-state index in [4.69, 9.17) is 0 Å². The average molecular weight is 336 g/mol. The lowest BCUT2D eigenvalue weighted by atomic mass is 9.52. The summed E-state index contributed by atoms with van der Waals surface area (Å²) in [5.74, 6) is 2.29. The van der Waals surface area contributed by atoms with Crippen molar-refractivity contribution in [3.63, 3.8) is 0 Å². The van der Waals surface area contributed by atoms with E-state index in [2.05, 4.69) is 22.0 Å². The van der Waals surface area contributed by atoms with Gasteiger partial charge >= 0.3 is 0 Å². The molecule has 1 saturated heterocycles. The Morgan fingerprint density at radius 3 is 2.76 bits per heavy atom. The number of pyridine rings is 1. The van der Waals surface area contributed by atoms with Gasteiger partial charge in [0.2, 0.25) is 5.91 Å². The minimum absolute atomic E-state index is 0.254. The maximum Gasteiger partial charge on any atom is 0.250 e. The first kappa shape index (κ1) is 14.5. The number of fused-ring (bicyclic) bond motifs is 2. The van der Waals surface area contributed by atoms with Gasteiger partial charge in [-0.15, -0.1) is 0 Å². The van der Waals surface area contributed by atoms with Crippen LogP contribution >= 0.6 is 0 Å². The number of aromatic nitrogens is 1. The molecule has 4 nitrogen and oxygen atoms in total. The predicted octanol–water partition coefficient (Wildman–Crippen LogP) is 2.42. The topological polar surface area (TPSA) is 53.4 Å². The summed E-state index contributed by atoms with van der Waals surface area (Å²) in [6.07, 6.45) is 12.0. The van der Waals surface area contributed by atoms with Crippen molar-refractivity contribution in [2.45, 2.75) is 50.2 Å². The Hall–Kier alpha value is -1.68. The number of likely N-dealkylation sites (tertiary alicyclic amines) is 1. The van der Waals surface area contributed by atoms with Crippen LogP contribution in [0.4, 0.5) is 0 Å². The molecule has 4 heteroatoms. The molecule has 4 bridgehead atoms. The highest BCUT2D eigenvalue weighted by molar-refractivity contribution is 6.01. The molecule has 6 atom stereocenters. The van der Waals surface area contributed by atoms with Gasteiger partial charge in [-0.2, -0.15) is 0 Å². The number of carbonyl (C=O) groups excluding carboxylic acids is 1. The zero-order valence-corrected chi connectivity index (χ0v) is 14.4. The summed E-state index contributed by atoms with van der Waals surface area (Å²) < 4.78 is 0. The summed E-state index contributed by atoms with van der Waals surface area (Å²) in [4.78, 5) is 19.6. The van der Waals surface area contributed by atoms with Crippen molar-refractivity contribution in [3.05, 3.63) is 35.2 Å². The first-order valence-corrected chi connectivity index (χ1v) is 9.77. The molecule has 130 valence electrons. The van der Waals surface area contributed by atoms with Crippen molar-refractivity contribution in [1.29, 1.82) is 0 Å². The van der Waals surface area contributed by atoms with Crippen LogP contribution in [0.25, 0.3) is 6.08 Å². The maximum absolute atomic E-state index is 13.2. The van der Waals surface area contributed by atoms with Crippen LogP contribution in [0.5, 0.6) is 0 Å². The minimum atomic E-state index is -0.427. The third-order valence-corrected chi connectivity index (χ3v) is 7.64. The molecule has 1 aromatic heterocycles. The summed E-state index contributed by atoms with van der Waals surface area (Å²) in [5, 5.41) is 10.8. The maximum atomic E-state index is 13.2. The Kier molecular flexibility index (Phi) is 2.74. The number of hydrogen-bond donors (Lipinski definition) is 1. The smallest absolute Gasteiger partial charge is 0.250 e. The van der Waals surface area contributed by atoms with Crippen LogP contribution in [0.15, 0.2) is 24.0 Å². The van der Waals surface area contributed by atoms with Crippen LogP contribution < -0.4 is 0 Å². The lowest BCUT2D eigenvalue weighted by molar-refractivity contribution is -0.166. The molecule has 4 saturated carbocycles. The lowest BCUT2D eigenvalue weighted by Crippen LogP contribution is -2.62. The number of aliphatic hydroxyl groups is 1. The van der Waals surface area contributed by atoms with Crippen LogP contribution in [0.1, 0.15) is 43.2 Å². The van der Waals surface area contributed by atoms with Crippen LogP contribution in [-0.4, -0.2) is 39.1 Å². The summed E-state index contributed by atoms with van der Waals surface area (Å²) >= 11 is 0. The molecule has 0 aromatic carbocycles. The molecule has 6 aliphatic rings. The van der Waals surface area contributed by atoms with E-state index in [9.17, 15) is 9.90 Å². The second kappa shape index (κ2) is 4.73. The quantitative estimate of drug-likeness (QED) is 0.857. The Balaban J connectivity index is 1.33. The number of rotatable bonds is 1. The molecule has 0 spiro atoms. The Morgan fingerprint density at radius 2 is 2.00 bits per heavy atom. The molecule has 5 aliphatic carbocycles. The SMILES string of the molecule is O=C1C2=Cc3cnccc3CC2CN1[C@H]1[C@@H]2CC3C[C@H]1C[C@](O)(C3)C2. The van der Waals surface area contributed by atoms with Crippen LogP contribution in [0.2, 0.25) is 0 Å². The van der Waals surface area contributed by atoms with Gasteiger partial charge in [-0.1, -0.05) is 0 Å². The highest BCUT2D eigenvalue weighted by Crippen LogP contribution is 2.57. The van der Waals surface area contributed by atoms with Crippen LogP contribution in [0.3, 0.4) is 0 Å². The van der Waals surface area contributed by atoms with Crippen LogP contribution in [-0.2, 0) is 11.2 Å². The van der Waals surface area contributed by atoms with Crippen molar-refractivity contribution < 1.29 is 9.90 Å². The second-order valence-corrected chi connectivity index (χ2v) is 9.22. The molecule has 5 fully saturated rings. The molecule has 7 rings (SSSR count). The van der Waals surface area contributed by atoms with Gasteiger partial charge in [-0.05, 0) is 79.5 Å². The molecular formula is C21H24N2O2. The van der Waals surface area contributed by atoms with Crippen molar-refractivity contribution >= 4 is 12.0 Å². The molecule has 2 heterocycles. The predicted molar refractivity (Wildman–Crippen MR) is 93.4 cm³/mol. The Morgan fingerprint density at radius 1 is 1.20 bits per heavy atom. The summed E-state index contributed by atoms with van der Waals surface area (Å²) in [6, 6.07) is 2.45. The fraction of sp³-hybridized carbons (Fsp3) is 0.619. The molecule has 2 unspecified atom stereocenters. The molecule has 1 aromatic rings. The molecule has 1 N–H and O–H groups in total. The minimum Gasteiger partial charge on any atom is -0.390 e. The molecule has 0 radical (unpaired) electrons. The van der Waals surface area contributed by atoms with E-state index in [0.717, 1.165) is 43.4 Å². The Labute approximate surface area is 147 Å². The van der Waals surface area contributed by atoms with Crippen molar-refractivity contribution in [3.8, 4) is 0 Å². The van der Waals surface area contributed by atoms with E-state index in [1.165, 1.54) is 18.4 Å². The normalized spacial score (nSPS) is 43.9. The van der Waals surface area contributed by atoms with Gasteiger partial charge in [0.1, 0.15) is 0 Å². The van der Waals surface area contributed by atoms with Gasteiger partial charge in [0.25, 0.3) is 0 Å². The Bertz CT molecular complexity index is 785. The third kappa shape index (κ3) is 1.97. The fourth-order valence-corrected chi connectivity index (χ4v) is 7.02. The lowest BCUT2D eigenvalue weighted by Gasteiger charge is -2.59. The molecule has 1 amide bonds. The van der Waals surface area contributed by atoms with Gasteiger partial charge in [-0.3, -0.25) is 9.78 Å². The summed E-state index contributed by atoms with van der Waals surface area (Å²) in [6.45, 7) is 0.868. The largest absolute Gasteiger partial charge is 0.390 e. The van der Waals surface area contributed by atoms with E-state index < -0.39 is 5.60 Å². The number of amides is 1. The van der Waals surface area contributed by atoms with Gasteiger partial charge in [0.15, 0.2) is 0 Å². The highest BCUT2D eigenvalue weighted by atomic mass is 16.3. The molecular weight excluding hydrogens is 312 g/mol. The van der Waals surface area contributed by atoms with Gasteiger partial charge in [0, 0.05) is 36.5 Å². The monoisotopic (exact) mass is 336 g/mol. The third-order valence-electron chi connectivity index (χ3n) is 7.64. The van der Waals surface area contributed by atoms with Gasteiger partial charge < -0.3 is 10.0 Å². The highest BCUT2D eigenvalue weighted by Gasteiger charge is 2.58.